The topological polar surface area (TPSA) is 64.3 Å². The van der Waals surface area contributed by atoms with Crippen molar-refractivity contribution in [1.29, 1.82) is 0 Å². The highest BCUT2D eigenvalue weighted by molar-refractivity contribution is 7.80. The molecule has 2 atom stereocenters. The molecule has 0 spiro atoms. The second-order valence-electron chi connectivity index (χ2n) is 2.93. The van der Waals surface area contributed by atoms with E-state index in [-0.39, 0.29) is 11.8 Å². The predicted molar refractivity (Wildman–Crippen MR) is 55.4 cm³/mol. The van der Waals surface area contributed by atoms with E-state index >= 15 is 0 Å². The van der Waals surface area contributed by atoms with Gasteiger partial charge in [-0.15, -0.1) is 0 Å². The standard InChI is InChI=1S/C8H16N2O2S/c1-5(7(9)13)4-10-8(11)6(2)12-3/h5-6H,4H2,1-3H3,(H2,9,13)(H,10,11). The Labute approximate surface area is 83.8 Å². The number of carbonyl (C=O) groups is 1. The molecule has 0 aliphatic heterocycles. The maximum Gasteiger partial charge on any atom is 0.248 e. The number of thiocarbonyl (C=S) groups is 1. The quantitative estimate of drug-likeness (QED) is 0.622. The van der Waals surface area contributed by atoms with Gasteiger partial charge >= 0.3 is 0 Å². The summed E-state index contributed by atoms with van der Waals surface area (Å²) in [5, 5.41) is 2.68. The molecule has 0 radical (unpaired) electrons. The fourth-order valence-corrected chi connectivity index (χ4v) is 0.688. The summed E-state index contributed by atoms with van der Waals surface area (Å²) in [7, 11) is 1.49. The molecule has 4 nitrogen and oxygen atoms in total. The first-order valence-corrected chi connectivity index (χ1v) is 4.49. The van der Waals surface area contributed by atoms with Crippen molar-refractivity contribution in [3.8, 4) is 0 Å². The molecule has 1 amide bonds. The van der Waals surface area contributed by atoms with Crippen LogP contribution >= 0.6 is 12.2 Å². The van der Waals surface area contributed by atoms with Crippen LogP contribution in [-0.4, -0.2) is 30.7 Å². The zero-order valence-electron chi connectivity index (χ0n) is 8.16. The zero-order valence-corrected chi connectivity index (χ0v) is 8.98. The highest BCUT2D eigenvalue weighted by atomic mass is 32.1. The lowest BCUT2D eigenvalue weighted by molar-refractivity contribution is -0.130. The third-order valence-corrected chi connectivity index (χ3v) is 2.19. The molecule has 0 fully saturated rings. The number of rotatable bonds is 5. The molecule has 0 saturated heterocycles. The Balaban J connectivity index is 3.76. The molecule has 0 saturated carbocycles. The Morgan fingerprint density at radius 1 is 1.62 bits per heavy atom. The largest absolute Gasteiger partial charge is 0.393 e. The van der Waals surface area contributed by atoms with E-state index in [0.717, 1.165) is 0 Å². The van der Waals surface area contributed by atoms with Gasteiger partial charge in [-0.1, -0.05) is 19.1 Å². The molecule has 0 aromatic carbocycles. The van der Waals surface area contributed by atoms with Crippen molar-refractivity contribution in [2.45, 2.75) is 20.0 Å². The van der Waals surface area contributed by atoms with Crippen LogP contribution in [0.1, 0.15) is 13.8 Å². The van der Waals surface area contributed by atoms with E-state index in [2.05, 4.69) is 5.32 Å². The molecule has 5 heteroatoms. The molecule has 76 valence electrons. The Bertz CT molecular complexity index is 197. The highest BCUT2D eigenvalue weighted by Crippen LogP contribution is 1.93. The normalized spacial score (nSPS) is 14.7. The number of nitrogens with two attached hydrogens (primary N) is 1. The second-order valence-corrected chi connectivity index (χ2v) is 3.40. The molecule has 0 heterocycles. The van der Waals surface area contributed by atoms with Crippen molar-refractivity contribution in [3.63, 3.8) is 0 Å². The van der Waals surface area contributed by atoms with E-state index in [1.54, 1.807) is 6.92 Å². The van der Waals surface area contributed by atoms with Crippen LogP contribution in [0, 0.1) is 5.92 Å². The first kappa shape index (κ1) is 12.3. The summed E-state index contributed by atoms with van der Waals surface area (Å²) >= 11 is 4.76. The van der Waals surface area contributed by atoms with Gasteiger partial charge in [-0.25, -0.2) is 0 Å². The average Bonchev–Trinajstić information content (AvgIpc) is 2.11. The number of hydrogen-bond acceptors (Lipinski definition) is 3. The monoisotopic (exact) mass is 204 g/mol. The summed E-state index contributed by atoms with van der Waals surface area (Å²) in [5.74, 6) is -0.131. The molecule has 13 heavy (non-hydrogen) atoms. The van der Waals surface area contributed by atoms with Gasteiger partial charge in [0.15, 0.2) is 0 Å². The SMILES string of the molecule is COC(C)C(=O)NCC(C)C(N)=S. The summed E-state index contributed by atoms with van der Waals surface area (Å²) in [6.45, 7) is 4.00. The molecule has 0 aliphatic carbocycles. The molecule has 2 unspecified atom stereocenters. The van der Waals surface area contributed by atoms with Crippen molar-refractivity contribution in [2.75, 3.05) is 13.7 Å². The van der Waals surface area contributed by atoms with Crippen LogP contribution in [0.5, 0.6) is 0 Å². The summed E-state index contributed by atoms with van der Waals surface area (Å²) in [6.07, 6.45) is -0.432. The van der Waals surface area contributed by atoms with Crippen LogP contribution in [0.2, 0.25) is 0 Å². The highest BCUT2D eigenvalue weighted by Gasteiger charge is 2.12. The lowest BCUT2D eigenvalue weighted by atomic mass is 10.2. The zero-order chi connectivity index (χ0) is 10.4. The van der Waals surface area contributed by atoms with Crippen molar-refractivity contribution < 1.29 is 9.53 Å². The van der Waals surface area contributed by atoms with E-state index in [4.69, 9.17) is 22.7 Å². The van der Waals surface area contributed by atoms with E-state index < -0.39 is 6.10 Å². The van der Waals surface area contributed by atoms with Crippen molar-refractivity contribution >= 4 is 23.1 Å². The van der Waals surface area contributed by atoms with E-state index in [1.807, 2.05) is 6.92 Å². The van der Waals surface area contributed by atoms with Crippen LogP contribution in [0.4, 0.5) is 0 Å². The van der Waals surface area contributed by atoms with Gasteiger partial charge in [-0.05, 0) is 6.92 Å². The summed E-state index contributed by atoms with van der Waals surface area (Å²) in [5.41, 5.74) is 5.38. The number of ether oxygens (including phenoxy) is 1. The van der Waals surface area contributed by atoms with E-state index in [1.165, 1.54) is 7.11 Å². The minimum Gasteiger partial charge on any atom is -0.393 e. The Morgan fingerprint density at radius 3 is 2.54 bits per heavy atom. The van der Waals surface area contributed by atoms with Gasteiger partial charge in [0.1, 0.15) is 6.10 Å². The fourth-order valence-electron chi connectivity index (χ4n) is 0.605. The lowest BCUT2D eigenvalue weighted by Gasteiger charge is -2.13. The van der Waals surface area contributed by atoms with E-state index in [9.17, 15) is 4.79 Å². The van der Waals surface area contributed by atoms with Gasteiger partial charge in [0, 0.05) is 19.6 Å². The van der Waals surface area contributed by atoms with Crippen LogP contribution in [-0.2, 0) is 9.53 Å². The molecule has 0 aromatic rings. The molecule has 0 bridgehead atoms. The molecule has 3 N–H and O–H groups in total. The first-order valence-electron chi connectivity index (χ1n) is 4.08. The van der Waals surface area contributed by atoms with Crippen molar-refractivity contribution in [1.82, 2.24) is 5.32 Å². The number of nitrogens with one attached hydrogen (secondary N) is 1. The van der Waals surface area contributed by atoms with Crippen molar-refractivity contribution in [3.05, 3.63) is 0 Å². The van der Waals surface area contributed by atoms with Crippen molar-refractivity contribution in [2.24, 2.45) is 11.7 Å². The van der Waals surface area contributed by atoms with Crippen LogP contribution in [0.25, 0.3) is 0 Å². The van der Waals surface area contributed by atoms with Gasteiger partial charge in [-0.2, -0.15) is 0 Å². The third kappa shape index (κ3) is 4.80. The van der Waals surface area contributed by atoms with Gasteiger partial charge in [-0.3, -0.25) is 4.79 Å². The maximum atomic E-state index is 11.2. The van der Waals surface area contributed by atoms with Crippen LogP contribution < -0.4 is 11.1 Å². The molecule has 0 aliphatic rings. The first-order chi connectivity index (χ1) is 5.99. The molecular weight excluding hydrogens is 188 g/mol. The van der Waals surface area contributed by atoms with Gasteiger partial charge < -0.3 is 15.8 Å². The smallest absolute Gasteiger partial charge is 0.248 e. The van der Waals surface area contributed by atoms with Crippen LogP contribution in [0.3, 0.4) is 0 Å². The molecular formula is C8H16N2O2S. The summed E-state index contributed by atoms with van der Waals surface area (Å²) in [6, 6.07) is 0. The lowest BCUT2D eigenvalue weighted by Crippen LogP contribution is -2.39. The van der Waals surface area contributed by atoms with Gasteiger partial charge in [0.2, 0.25) is 5.91 Å². The Hall–Kier alpha value is -0.680. The maximum absolute atomic E-state index is 11.2. The number of amides is 1. The summed E-state index contributed by atoms with van der Waals surface area (Å²) in [4.78, 5) is 11.6. The van der Waals surface area contributed by atoms with Gasteiger partial charge in [0.05, 0.1) is 4.99 Å². The predicted octanol–water partition coefficient (Wildman–Crippen LogP) is 0.0597. The fraction of sp³-hybridized carbons (Fsp3) is 0.750. The van der Waals surface area contributed by atoms with Gasteiger partial charge in [0.25, 0.3) is 0 Å². The van der Waals surface area contributed by atoms with E-state index in [0.29, 0.717) is 11.5 Å². The number of carbonyl (C=O) groups excluding carboxylic acids is 1. The molecule has 0 rings (SSSR count). The third-order valence-electron chi connectivity index (χ3n) is 1.79. The Kier molecular flexibility index (Phi) is 5.57. The van der Waals surface area contributed by atoms with Crippen LogP contribution in [0.15, 0.2) is 0 Å². The summed E-state index contributed by atoms with van der Waals surface area (Å²) < 4.78 is 4.83. The second kappa shape index (κ2) is 5.88. The average molecular weight is 204 g/mol. The number of methoxy groups -OCH3 is 1. The Morgan fingerprint density at radius 2 is 2.15 bits per heavy atom. The molecule has 0 aromatic heterocycles. The minimum atomic E-state index is -0.432. The number of hydrogen-bond donors (Lipinski definition) is 2. The minimum absolute atomic E-state index is 0.0167.